The Bertz CT molecular complexity index is 1190. The van der Waals surface area contributed by atoms with E-state index in [0.717, 1.165) is 52.4 Å². The number of carbonyl (C=O) groups excluding carboxylic acids is 3. The zero-order chi connectivity index (χ0) is 26.4. The summed E-state index contributed by atoms with van der Waals surface area (Å²) in [5.41, 5.74) is 1.68. The number of likely N-dealkylation sites (tertiary alicyclic amines) is 1. The number of carbonyl (C=O) groups is 3. The van der Waals surface area contributed by atoms with E-state index in [9.17, 15) is 14.4 Å². The molecule has 0 N–H and O–H groups in total. The maximum Gasteiger partial charge on any atom is 0.294 e. The van der Waals surface area contributed by atoms with Crippen molar-refractivity contribution in [2.24, 2.45) is 0 Å². The molecule has 0 saturated carbocycles. The third kappa shape index (κ3) is 7.18. The molecule has 2 aliphatic rings. The van der Waals surface area contributed by atoms with Crippen LogP contribution in [0.1, 0.15) is 43.7 Å². The maximum atomic E-state index is 13.0. The molecule has 2 aliphatic heterocycles. The lowest BCUT2D eigenvalue weighted by molar-refractivity contribution is -0.135. The van der Waals surface area contributed by atoms with Gasteiger partial charge in [-0.25, -0.2) is 0 Å². The Morgan fingerprint density at radius 1 is 1.00 bits per heavy atom. The first-order valence-corrected chi connectivity index (χ1v) is 14.6. The number of benzene rings is 2. The van der Waals surface area contributed by atoms with Gasteiger partial charge in [-0.2, -0.15) is 0 Å². The standard InChI is InChI=1S/C27H28Br2N2O5S/c1-2-35-22-13-19(21(29)15-23(22)36-17-18-7-9-20(28)10-8-18)14-24-26(33)31(27(34)37-24)16-25(32)30-11-5-3-4-6-12-30/h7-10,13-15H,2-6,11-12,16-17H2,1H3. The Balaban J connectivity index is 1.49. The third-order valence-electron chi connectivity index (χ3n) is 6.08. The van der Waals surface area contributed by atoms with E-state index in [-0.39, 0.29) is 17.4 Å². The fourth-order valence-electron chi connectivity index (χ4n) is 4.12. The van der Waals surface area contributed by atoms with Crippen molar-refractivity contribution in [3.8, 4) is 11.5 Å². The van der Waals surface area contributed by atoms with Crippen LogP contribution in [0.5, 0.6) is 11.5 Å². The predicted molar refractivity (Wildman–Crippen MR) is 152 cm³/mol. The van der Waals surface area contributed by atoms with E-state index in [0.29, 0.717) is 47.8 Å². The molecule has 2 fully saturated rings. The Hall–Kier alpha value is -2.30. The maximum absolute atomic E-state index is 13.0. The van der Waals surface area contributed by atoms with Gasteiger partial charge in [-0.1, -0.05) is 56.8 Å². The SMILES string of the molecule is CCOc1cc(C=C2SC(=O)N(CC(=O)N3CCCCCC3)C2=O)c(Br)cc1OCc1ccc(Br)cc1. The molecule has 0 aliphatic carbocycles. The molecule has 2 aromatic rings. The van der Waals surface area contributed by atoms with Gasteiger partial charge in [0.15, 0.2) is 11.5 Å². The number of imide groups is 1. The van der Waals surface area contributed by atoms with Crippen molar-refractivity contribution in [1.29, 1.82) is 0 Å². The van der Waals surface area contributed by atoms with Crippen molar-refractivity contribution in [1.82, 2.24) is 9.80 Å². The quantitative estimate of drug-likeness (QED) is 0.298. The van der Waals surface area contributed by atoms with Crippen molar-refractivity contribution in [2.45, 2.75) is 39.2 Å². The number of amides is 3. The van der Waals surface area contributed by atoms with Gasteiger partial charge in [0.25, 0.3) is 11.1 Å². The molecule has 3 amide bonds. The van der Waals surface area contributed by atoms with Crippen LogP contribution in [-0.4, -0.2) is 53.1 Å². The summed E-state index contributed by atoms with van der Waals surface area (Å²) in [7, 11) is 0. The van der Waals surface area contributed by atoms with Gasteiger partial charge in [0, 0.05) is 22.0 Å². The largest absolute Gasteiger partial charge is 0.490 e. The average molecular weight is 652 g/mol. The van der Waals surface area contributed by atoms with Gasteiger partial charge in [0.1, 0.15) is 13.2 Å². The van der Waals surface area contributed by atoms with Gasteiger partial charge in [-0.3, -0.25) is 19.3 Å². The monoisotopic (exact) mass is 650 g/mol. The summed E-state index contributed by atoms with van der Waals surface area (Å²) in [6, 6.07) is 11.4. The highest BCUT2D eigenvalue weighted by Crippen LogP contribution is 2.38. The van der Waals surface area contributed by atoms with E-state index in [1.54, 1.807) is 23.1 Å². The lowest BCUT2D eigenvalue weighted by atomic mass is 10.1. The topological polar surface area (TPSA) is 76.2 Å². The van der Waals surface area contributed by atoms with E-state index in [1.807, 2.05) is 31.2 Å². The minimum Gasteiger partial charge on any atom is -0.490 e. The summed E-state index contributed by atoms with van der Waals surface area (Å²) >= 11 is 7.83. The first kappa shape index (κ1) is 27.7. The number of rotatable bonds is 8. The zero-order valence-corrected chi connectivity index (χ0v) is 24.5. The molecule has 0 aromatic heterocycles. The summed E-state index contributed by atoms with van der Waals surface area (Å²) in [5.74, 6) is 0.450. The highest BCUT2D eigenvalue weighted by atomic mass is 79.9. The van der Waals surface area contributed by atoms with Crippen LogP contribution in [0.2, 0.25) is 0 Å². The first-order chi connectivity index (χ1) is 17.9. The van der Waals surface area contributed by atoms with E-state index in [2.05, 4.69) is 31.9 Å². The van der Waals surface area contributed by atoms with Crippen LogP contribution in [0.15, 0.2) is 50.2 Å². The van der Waals surface area contributed by atoms with E-state index >= 15 is 0 Å². The molecule has 2 saturated heterocycles. The smallest absolute Gasteiger partial charge is 0.294 e. The fourth-order valence-corrected chi connectivity index (χ4v) is 5.65. The molecule has 0 bridgehead atoms. The second kappa shape index (κ2) is 13.0. The number of nitrogens with zero attached hydrogens (tertiary/aromatic N) is 2. The summed E-state index contributed by atoms with van der Waals surface area (Å²) in [6.45, 7) is 3.81. The van der Waals surface area contributed by atoms with Crippen LogP contribution in [0.3, 0.4) is 0 Å². The highest BCUT2D eigenvalue weighted by molar-refractivity contribution is 9.10. The molecule has 2 heterocycles. The molecular formula is C27H28Br2N2O5S. The number of thioether (sulfide) groups is 1. The second-order valence-electron chi connectivity index (χ2n) is 8.73. The molecule has 7 nitrogen and oxygen atoms in total. The molecule has 4 rings (SSSR count). The van der Waals surface area contributed by atoms with Crippen LogP contribution in [0.25, 0.3) is 6.08 Å². The predicted octanol–water partition coefficient (Wildman–Crippen LogP) is 6.63. The normalized spacial score (nSPS) is 17.3. The Morgan fingerprint density at radius 2 is 1.68 bits per heavy atom. The number of halogens is 2. The lowest BCUT2D eigenvalue weighted by Crippen LogP contribution is -2.42. The van der Waals surface area contributed by atoms with E-state index in [4.69, 9.17) is 9.47 Å². The van der Waals surface area contributed by atoms with Crippen LogP contribution in [0.4, 0.5) is 4.79 Å². The molecule has 0 radical (unpaired) electrons. The summed E-state index contributed by atoms with van der Waals surface area (Å²) in [6.07, 6.45) is 5.74. The first-order valence-electron chi connectivity index (χ1n) is 12.2. The molecule has 0 unspecified atom stereocenters. The summed E-state index contributed by atoms with van der Waals surface area (Å²) in [5, 5.41) is -0.435. The summed E-state index contributed by atoms with van der Waals surface area (Å²) in [4.78, 5) is 41.5. The molecule has 0 spiro atoms. The van der Waals surface area contributed by atoms with Crippen molar-refractivity contribution in [3.63, 3.8) is 0 Å². The van der Waals surface area contributed by atoms with Crippen molar-refractivity contribution >= 4 is 66.8 Å². The molecule has 10 heteroatoms. The van der Waals surface area contributed by atoms with Gasteiger partial charge >= 0.3 is 0 Å². The van der Waals surface area contributed by atoms with Crippen LogP contribution >= 0.6 is 43.6 Å². The average Bonchev–Trinajstić information content (AvgIpc) is 3.06. The zero-order valence-electron chi connectivity index (χ0n) is 20.5. The number of ether oxygens (including phenoxy) is 2. The molecule has 37 heavy (non-hydrogen) atoms. The highest BCUT2D eigenvalue weighted by Gasteiger charge is 2.37. The van der Waals surface area contributed by atoms with Gasteiger partial charge < -0.3 is 14.4 Å². The molecular weight excluding hydrogens is 624 g/mol. The van der Waals surface area contributed by atoms with Crippen molar-refractivity contribution in [2.75, 3.05) is 26.2 Å². The Kier molecular flexibility index (Phi) is 9.72. The van der Waals surface area contributed by atoms with Gasteiger partial charge in [0.05, 0.1) is 11.5 Å². The Morgan fingerprint density at radius 3 is 2.35 bits per heavy atom. The van der Waals surface area contributed by atoms with Gasteiger partial charge in [0.2, 0.25) is 5.91 Å². The molecule has 2 aromatic carbocycles. The minimum absolute atomic E-state index is 0.183. The van der Waals surface area contributed by atoms with Crippen LogP contribution in [0, 0.1) is 0 Å². The van der Waals surface area contributed by atoms with Crippen molar-refractivity contribution in [3.05, 3.63) is 61.4 Å². The molecule has 196 valence electrons. The molecule has 0 atom stereocenters. The van der Waals surface area contributed by atoms with E-state index in [1.165, 1.54) is 0 Å². The third-order valence-corrected chi connectivity index (χ3v) is 8.21. The van der Waals surface area contributed by atoms with Crippen LogP contribution in [-0.2, 0) is 16.2 Å². The van der Waals surface area contributed by atoms with Crippen LogP contribution < -0.4 is 9.47 Å². The number of hydrogen-bond donors (Lipinski definition) is 0. The van der Waals surface area contributed by atoms with Gasteiger partial charge in [-0.05, 0) is 73.0 Å². The number of hydrogen-bond acceptors (Lipinski definition) is 6. The van der Waals surface area contributed by atoms with Gasteiger partial charge in [-0.15, -0.1) is 0 Å². The van der Waals surface area contributed by atoms with E-state index < -0.39 is 11.1 Å². The fraction of sp³-hybridized carbons (Fsp3) is 0.370. The second-order valence-corrected chi connectivity index (χ2v) is 11.5. The summed E-state index contributed by atoms with van der Waals surface area (Å²) < 4.78 is 13.5. The lowest BCUT2D eigenvalue weighted by Gasteiger charge is -2.22. The van der Waals surface area contributed by atoms with Crippen molar-refractivity contribution < 1.29 is 23.9 Å². The Labute approximate surface area is 237 Å². The minimum atomic E-state index is -0.460.